The van der Waals surface area contributed by atoms with Gasteiger partial charge in [0.2, 0.25) is 5.91 Å². The van der Waals surface area contributed by atoms with Crippen LogP contribution in [0.2, 0.25) is 5.02 Å². The van der Waals surface area contributed by atoms with E-state index in [1.165, 1.54) is 12.2 Å². The van der Waals surface area contributed by atoms with Gasteiger partial charge in [-0.15, -0.1) is 0 Å². The maximum absolute atomic E-state index is 13.8. The van der Waals surface area contributed by atoms with Gasteiger partial charge in [-0.25, -0.2) is 0 Å². The molecule has 0 radical (unpaired) electrons. The van der Waals surface area contributed by atoms with Crippen molar-refractivity contribution in [1.82, 2.24) is 15.3 Å². The van der Waals surface area contributed by atoms with Gasteiger partial charge in [-0.2, -0.15) is 5.06 Å². The number of likely N-dealkylation sites (N-methyl/N-ethyl adjacent to an activating group) is 1. The molecular weight excluding hydrogens is 610 g/mol. The van der Waals surface area contributed by atoms with Crippen LogP contribution in [0.25, 0.3) is 11.1 Å². The molecule has 0 aromatic heterocycles. The lowest BCUT2D eigenvalue weighted by Crippen LogP contribution is -2.44. The number of ether oxygens (including phenoxy) is 1. The fraction of sp³-hybridized carbons (Fsp3) is 0.412. The number of hydroxylamine groups is 2. The number of rotatable bonds is 14. The van der Waals surface area contributed by atoms with Gasteiger partial charge in [-0.3, -0.25) is 14.4 Å². The minimum absolute atomic E-state index is 0.0110. The second-order valence-corrected chi connectivity index (χ2v) is 12.4. The van der Waals surface area contributed by atoms with Crippen LogP contribution in [0.1, 0.15) is 21.5 Å². The van der Waals surface area contributed by atoms with Gasteiger partial charge >= 0.3 is 0 Å². The number of benzene rings is 3. The van der Waals surface area contributed by atoms with E-state index in [1.807, 2.05) is 80.5 Å². The van der Waals surface area contributed by atoms with Gasteiger partial charge in [0, 0.05) is 60.0 Å². The van der Waals surface area contributed by atoms with Crippen LogP contribution in [0.15, 0.2) is 60.7 Å². The summed E-state index contributed by atoms with van der Waals surface area (Å²) in [7, 11) is 9.28. The first-order valence-electron chi connectivity index (χ1n) is 15.1. The topological polar surface area (TPSA) is 141 Å². The van der Waals surface area contributed by atoms with Gasteiger partial charge < -0.3 is 35.8 Å². The number of aliphatic hydroxyl groups is 2. The van der Waals surface area contributed by atoms with Crippen LogP contribution in [0.3, 0.4) is 0 Å². The lowest BCUT2D eigenvalue weighted by molar-refractivity contribution is -0.180. The van der Waals surface area contributed by atoms with E-state index in [0.29, 0.717) is 46.0 Å². The molecule has 1 aliphatic heterocycles. The normalized spacial score (nSPS) is 18.8. The summed E-state index contributed by atoms with van der Waals surface area (Å²) in [5.41, 5.74) is 10.00. The summed E-state index contributed by atoms with van der Waals surface area (Å²) in [6.07, 6.45) is -0.134. The number of aliphatic hydroxyl groups excluding tert-OH is 2. The summed E-state index contributed by atoms with van der Waals surface area (Å²) < 4.78 is 5.90. The third-order valence-electron chi connectivity index (χ3n) is 8.12. The van der Waals surface area contributed by atoms with Crippen molar-refractivity contribution < 1.29 is 29.4 Å². The van der Waals surface area contributed by atoms with Crippen molar-refractivity contribution in [2.45, 2.75) is 31.2 Å². The number of halogens is 1. The monoisotopic (exact) mass is 653 g/mol. The molecule has 0 aliphatic carbocycles. The zero-order chi connectivity index (χ0) is 33.5. The molecule has 4 rings (SSSR count). The summed E-state index contributed by atoms with van der Waals surface area (Å²) in [4.78, 5) is 36.0. The summed E-state index contributed by atoms with van der Waals surface area (Å²) >= 11 is 6.69. The molecular formula is C34H44ClN5O6. The Labute approximate surface area is 275 Å². The van der Waals surface area contributed by atoms with Crippen molar-refractivity contribution in [2.24, 2.45) is 11.7 Å². The Balaban J connectivity index is 1.71. The van der Waals surface area contributed by atoms with E-state index in [0.717, 1.165) is 11.3 Å². The second-order valence-electron chi connectivity index (χ2n) is 12.0. The van der Waals surface area contributed by atoms with Crippen LogP contribution in [-0.2, 0) is 22.6 Å². The number of nitrogens with one attached hydrogen (secondary N) is 1. The largest absolute Gasteiger partial charge is 0.496 e. The van der Waals surface area contributed by atoms with Gasteiger partial charge in [0.1, 0.15) is 17.9 Å². The van der Waals surface area contributed by atoms with Crippen LogP contribution in [0, 0.1) is 5.92 Å². The third kappa shape index (κ3) is 8.16. The highest BCUT2D eigenvalue weighted by Gasteiger charge is 2.46. The number of hydrogen-bond donors (Lipinski definition) is 4. The van der Waals surface area contributed by atoms with E-state index < -0.39 is 37.2 Å². The van der Waals surface area contributed by atoms with Crippen LogP contribution >= 0.6 is 11.6 Å². The number of nitrogens with two attached hydrogens (primary N) is 1. The Morgan fingerprint density at radius 3 is 2.37 bits per heavy atom. The molecule has 0 spiro atoms. The van der Waals surface area contributed by atoms with Crippen LogP contribution in [0.5, 0.6) is 5.75 Å². The highest BCUT2D eigenvalue weighted by atomic mass is 35.5. The quantitative estimate of drug-likeness (QED) is 0.207. The first-order chi connectivity index (χ1) is 22.0. The fourth-order valence-electron chi connectivity index (χ4n) is 5.90. The molecule has 0 saturated carbocycles. The van der Waals surface area contributed by atoms with Crippen LogP contribution < -0.4 is 20.7 Å². The molecule has 11 nitrogen and oxygen atoms in total. The molecule has 5 N–H and O–H groups in total. The summed E-state index contributed by atoms with van der Waals surface area (Å²) in [6.45, 7) is -0.153. The Morgan fingerprint density at radius 2 is 1.78 bits per heavy atom. The van der Waals surface area contributed by atoms with Gasteiger partial charge in [-0.05, 0) is 62.0 Å². The lowest BCUT2D eigenvalue weighted by Gasteiger charge is -2.25. The minimum atomic E-state index is -0.995. The Hall–Kier alpha value is -3.71. The standard InChI is InChI=1S/C34H44ClN5O6/c1-38(2)17-24(13-21-9-7-6-8-10-21)37-34(44)23-14-22(15-25(16-23)39(3)4)26-11-12-29(35)27(32(26)45-5)18-40-31(33(36)43)28(19-41)30(20-42)46-40/h6-12,14-16,24,28,30-31,41-42H,13,17-20H2,1-5H3,(H2,36,43)(H,37,44). The molecule has 1 heterocycles. The summed E-state index contributed by atoms with van der Waals surface area (Å²) in [5, 5.41) is 24.6. The number of primary amides is 1. The number of amides is 2. The average Bonchev–Trinajstić information content (AvgIpc) is 3.39. The van der Waals surface area contributed by atoms with Gasteiger partial charge in [0.15, 0.2) is 0 Å². The summed E-state index contributed by atoms with van der Waals surface area (Å²) in [5.74, 6) is -1.20. The molecule has 0 bridgehead atoms. The zero-order valence-corrected chi connectivity index (χ0v) is 27.7. The van der Waals surface area contributed by atoms with Crippen molar-refractivity contribution in [2.75, 3.05) is 60.0 Å². The van der Waals surface area contributed by atoms with Crippen LogP contribution in [-0.4, -0.2) is 105 Å². The van der Waals surface area contributed by atoms with Crippen molar-refractivity contribution in [3.63, 3.8) is 0 Å². The first kappa shape index (κ1) is 35.1. The molecule has 1 aliphatic rings. The minimum Gasteiger partial charge on any atom is -0.496 e. The average molecular weight is 654 g/mol. The molecule has 1 saturated heterocycles. The number of carbonyl (C=O) groups excluding carboxylic acids is 2. The number of nitrogens with zero attached hydrogens (tertiary/aromatic N) is 3. The molecule has 248 valence electrons. The van der Waals surface area contributed by atoms with Crippen molar-refractivity contribution in [3.05, 3.63) is 82.4 Å². The SMILES string of the molecule is COc1c(-c2cc(C(=O)NC(Cc3ccccc3)CN(C)C)cc(N(C)C)c2)ccc(Cl)c1CN1OC(CO)C(CO)C1C(N)=O. The van der Waals surface area contributed by atoms with E-state index in [2.05, 4.69) is 17.4 Å². The molecule has 12 heteroatoms. The first-order valence-corrected chi connectivity index (χ1v) is 15.5. The molecule has 46 heavy (non-hydrogen) atoms. The Bertz CT molecular complexity index is 1500. The maximum Gasteiger partial charge on any atom is 0.251 e. The Kier molecular flexibility index (Phi) is 12.0. The Morgan fingerprint density at radius 1 is 1.07 bits per heavy atom. The summed E-state index contributed by atoms with van der Waals surface area (Å²) in [6, 6.07) is 18.1. The smallest absolute Gasteiger partial charge is 0.251 e. The molecule has 4 atom stereocenters. The number of anilines is 1. The van der Waals surface area contributed by atoms with E-state index in [1.54, 1.807) is 6.07 Å². The van der Waals surface area contributed by atoms with Gasteiger partial charge in [0.25, 0.3) is 5.91 Å². The number of methoxy groups -OCH3 is 1. The predicted octanol–water partition coefficient (Wildman–Crippen LogP) is 2.55. The maximum atomic E-state index is 13.8. The van der Waals surface area contributed by atoms with Gasteiger partial charge in [0.05, 0.1) is 26.9 Å². The zero-order valence-electron chi connectivity index (χ0n) is 26.9. The molecule has 3 aromatic carbocycles. The van der Waals surface area contributed by atoms with E-state index >= 15 is 0 Å². The third-order valence-corrected chi connectivity index (χ3v) is 8.47. The predicted molar refractivity (Wildman–Crippen MR) is 179 cm³/mol. The van der Waals surface area contributed by atoms with Crippen LogP contribution in [0.4, 0.5) is 5.69 Å². The van der Waals surface area contributed by atoms with Crippen molar-refractivity contribution in [1.29, 1.82) is 0 Å². The van der Waals surface area contributed by atoms with E-state index in [-0.39, 0.29) is 18.5 Å². The van der Waals surface area contributed by atoms with E-state index in [4.69, 9.17) is 26.9 Å². The number of carbonyl (C=O) groups is 2. The van der Waals surface area contributed by atoms with E-state index in [9.17, 15) is 19.8 Å². The highest BCUT2D eigenvalue weighted by molar-refractivity contribution is 6.31. The molecule has 4 unspecified atom stereocenters. The lowest BCUT2D eigenvalue weighted by atomic mass is 9.94. The van der Waals surface area contributed by atoms with Crippen molar-refractivity contribution >= 4 is 29.1 Å². The number of hydrogen-bond acceptors (Lipinski definition) is 9. The van der Waals surface area contributed by atoms with Crippen molar-refractivity contribution in [3.8, 4) is 16.9 Å². The molecule has 1 fully saturated rings. The fourth-order valence-corrected chi connectivity index (χ4v) is 6.11. The van der Waals surface area contributed by atoms with Gasteiger partial charge in [-0.1, -0.05) is 41.9 Å². The highest BCUT2D eigenvalue weighted by Crippen LogP contribution is 2.41. The molecule has 3 aromatic rings. The second kappa shape index (κ2) is 15.7. The molecule has 2 amide bonds.